The summed E-state index contributed by atoms with van der Waals surface area (Å²) in [6.07, 6.45) is -1.78. The zero-order valence-corrected chi connectivity index (χ0v) is 6.73. The molecule has 7 nitrogen and oxygen atoms in total. The summed E-state index contributed by atoms with van der Waals surface area (Å²) >= 11 is 0. The highest BCUT2D eigenvalue weighted by atomic mass is 16.3. The molecule has 1 saturated heterocycles. The van der Waals surface area contributed by atoms with Crippen LogP contribution in [-0.4, -0.2) is 34.7 Å². The van der Waals surface area contributed by atoms with Crippen molar-refractivity contribution in [1.82, 2.24) is 5.32 Å². The van der Waals surface area contributed by atoms with Crippen molar-refractivity contribution in [2.45, 2.75) is 13.0 Å². The minimum absolute atomic E-state index is 0.333. The van der Waals surface area contributed by atoms with Crippen LogP contribution in [0.15, 0.2) is 0 Å². The van der Waals surface area contributed by atoms with Crippen LogP contribution in [-0.2, 0) is 19.2 Å². The molecule has 1 atom stereocenters. The Kier molecular flexibility index (Phi) is 3.73. The molecule has 1 heterocycles. The third kappa shape index (κ3) is 3.43. The molecule has 0 aromatic heterocycles. The Morgan fingerprint density at radius 3 is 1.92 bits per heavy atom. The summed E-state index contributed by atoms with van der Waals surface area (Å²) < 4.78 is 0. The monoisotopic (exact) mass is 188 g/mol. The molecule has 0 bridgehead atoms. The Hall–Kier alpha value is -1.76. The zero-order valence-electron chi connectivity index (χ0n) is 6.73. The second-order valence-electron chi connectivity index (χ2n) is 2.20. The number of carbonyl (C=O) groups excluding carboxylic acids is 4. The van der Waals surface area contributed by atoms with Gasteiger partial charge in [0.1, 0.15) is 0 Å². The highest BCUT2D eigenvalue weighted by Crippen LogP contribution is 1.94. The molecule has 7 heteroatoms. The molecule has 0 aliphatic carbocycles. The first-order chi connectivity index (χ1) is 5.86. The van der Waals surface area contributed by atoms with E-state index < -0.39 is 23.7 Å². The van der Waals surface area contributed by atoms with Gasteiger partial charge in [0.15, 0.2) is 0 Å². The quantitative estimate of drug-likeness (QED) is 0.213. The normalized spacial score (nSPS) is 20.5. The van der Waals surface area contributed by atoms with E-state index in [1.54, 1.807) is 5.32 Å². The number of nitrogens with one attached hydrogen (secondary N) is 1. The lowest BCUT2D eigenvalue weighted by Crippen LogP contribution is -2.24. The van der Waals surface area contributed by atoms with E-state index >= 15 is 0 Å². The summed E-state index contributed by atoms with van der Waals surface area (Å²) in [4.78, 5) is 39.8. The van der Waals surface area contributed by atoms with E-state index in [0.717, 1.165) is 0 Å². The van der Waals surface area contributed by atoms with Gasteiger partial charge >= 0.3 is 0 Å². The van der Waals surface area contributed by atoms with E-state index in [4.69, 9.17) is 5.11 Å². The fourth-order valence-corrected chi connectivity index (χ4v) is 0.485. The fraction of sp³-hybridized carbons (Fsp3) is 0.333. The SMILES string of the molecule is CC(N)=O.O=C1NC(=O)[C@@H](O)C1=O. The summed E-state index contributed by atoms with van der Waals surface area (Å²) in [7, 11) is 0. The summed E-state index contributed by atoms with van der Waals surface area (Å²) in [5.41, 5.74) is 4.47. The average molecular weight is 188 g/mol. The Morgan fingerprint density at radius 2 is 1.85 bits per heavy atom. The molecule has 0 spiro atoms. The van der Waals surface area contributed by atoms with Gasteiger partial charge in [0.05, 0.1) is 0 Å². The number of rotatable bonds is 0. The Bertz CT molecular complexity index is 268. The number of carbonyl (C=O) groups is 4. The molecule has 0 saturated carbocycles. The van der Waals surface area contributed by atoms with Gasteiger partial charge in [-0.05, 0) is 0 Å². The number of hydrogen-bond donors (Lipinski definition) is 3. The molecule has 0 aromatic rings. The van der Waals surface area contributed by atoms with Crippen molar-refractivity contribution in [2.75, 3.05) is 0 Å². The molecular weight excluding hydrogens is 180 g/mol. The van der Waals surface area contributed by atoms with Crippen LogP contribution in [0, 0.1) is 0 Å². The minimum atomic E-state index is -1.78. The van der Waals surface area contributed by atoms with Gasteiger partial charge in [0.25, 0.3) is 17.6 Å². The first-order valence-corrected chi connectivity index (χ1v) is 3.19. The van der Waals surface area contributed by atoms with Crippen molar-refractivity contribution in [2.24, 2.45) is 5.73 Å². The van der Waals surface area contributed by atoms with Crippen molar-refractivity contribution in [3.63, 3.8) is 0 Å². The molecule has 3 amide bonds. The summed E-state index contributed by atoms with van der Waals surface area (Å²) in [5.74, 6) is -3.39. The van der Waals surface area contributed by atoms with Gasteiger partial charge in [0, 0.05) is 6.92 Å². The van der Waals surface area contributed by atoms with Crippen molar-refractivity contribution in [3.8, 4) is 0 Å². The number of Topliss-reactive ketones (excluding diaryl/α,β-unsaturated/α-hetero) is 1. The van der Waals surface area contributed by atoms with Crippen LogP contribution in [0.1, 0.15) is 6.92 Å². The zero-order chi connectivity index (χ0) is 10.6. The molecule has 4 N–H and O–H groups in total. The van der Waals surface area contributed by atoms with Gasteiger partial charge in [-0.15, -0.1) is 0 Å². The standard InChI is InChI=1S/C4H3NO4.C2H5NO/c6-1-2(7)4(9)5-3(1)8;1-2(3)4/h1,6H,(H,5,8,9);1H3,(H2,3,4)/t1-;/m0./s1. The van der Waals surface area contributed by atoms with Crippen LogP contribution in [0.3, 0.4) is 0 Å². The number of aliphatic hydroxyl groups is 1. The second kappa shape index (κ2) is 4.31. The van der Waals surface area contributed by atoms with Gasteiger partial charge in [-0.3, -0.25) is 24.5 Å². The predicted molar refractivity (Wildman–Crippen MR) is 39.0 cm³/mol. The maximum atomic E-state index is 10.2. The molecule has 0 unspecified atom stereocenters. The molecule has 0 radical (unpaired) electrons. The third-order valence-electron chi connectivity index (χ3n) is 0.957. The van der Waals surface area contributed by atoms with Crippen LogP contribution in [0.4, 0.5) is 0 Å². The van der Waals surface area contributed by atoms with Crippen LogP contribution in [0.2, 0.25) is 0 Å². The molecule has 1 fully saturated rings. The molecular formula is C6H8N2O5. The largest absolute Gasteiger partial charge is 0.376 e. The van der Waals surface area contributed by atoms with Crippen LogP contribution >= 0.6 is 0 Å². The smallest absolute Gasteiger partial charge is 0.297 e. The fourth-order valence-electron chi connectivity index (χ4n) is 0.485. The molecule has 1 aliphatic rings. The molecule has 13 heavy (non-hydrogen) atoms. The van der Waals surface area contributed by atoms with E-state index in [-0.39, 0.29) is 5.91 Å². The summed E-state index contributed by atoms with van der Waals surface area (Å²) in [6.45, 7) is 1.31. The number of ketones is 1. The number of nitrogens with two attached hydrogens (primary N) is 1. The first kappa shape index (κ1) is 11.2. The Morgan fingerprint density at radius 1 is 1.46 bits per heavy atom. The van der Waals surface area contributed by atoms with Crippen LogP contribution in [0.5, 0.6) is 0 Å². The van der Waals surface area contributed by atoms with Gasteiger partial charge in [-0.1, -0.05) is 0 Å². The van der Waals surface area contributed by atoms with Gasteiger partial charge < -0.3 is 10.8 Å². The average Bonchev–Trinajstić information content (AvgIpc) is 2.17. The lowest BCUT2D eigenvalue weighted by Gasteiger charge is -1.87. The first-order valence-electron chi connectivity index (χ1n) is 3.19. The number of amides is 3. The van der Waals surface area contributed by atoms with E-state index in [1.807, 2.05) is 0 Å². The van der Waals surface area contributed by atoms with E-state index in [2.05, 4.69) is 5.73 Å². The third-order valence-corrected chi connectivity index (χ3v) is 0.957. The molecule has 72 valence electrons. The summed E-state index contributed by atoms with van der Waals surface area (Å²) in [5, 5.41) is 10.1. The predicted octanol–water partition coefficient (Wildman–Crippen LogP) is -2.94. The van der Waals surface area contributed by atoms with E-state index in [0.29, 0.717) is 0 Å². The maximum absolute atomic E-state index is 10.2. The highest BCUT2D eigenvalue weighted by molar-refractivity contribution is 6.49. The van der Waals surface area contributed by atoms with E-state index in [9.17, 15) is 19.2 Å². The minimum Gasteiger partial charge on any atom is -0.376 e. The lowest BCUT2D eigenvalue weighted by atomic mass is 10.3. The molecule has 1 aliphatic heterocycles. The van der Waals surface area contributed by atoms with Gasteiger partial charge in [0.2, 0.25) is 12.0 Å². The second-order valence-corrected chi connectivity index (χ2v) is 2.20. The number of hydrogen-bond acceptors (Lipinski definition) is 5. The summed E-state index contributed by atoms with van der Waals surface area (Å²) in [6, 6.07) is 0. The molecule has 0 aromatic carbocycles. The van der Waals surface area contributed by atoms with E-state index in [1.165, 1.54) is 6.92 Å². The molecule has 1 rings (SSSR count). The van der Waals surface area contributed by atoms with Crippen LogP contribution < -0.4 is 11.1 Å². The van der Waals surface area contributed by atoms with Gasteiger partial charge in [-0.25, -0.2) is 0 Å². The maximum Gasteiger partial charge on any atom is 0.297 e. The van der Waals surface area contributed by atoms with Crippen molar-refractivity contribution in [3.05, 3.63) is 0 Å². The Labute approximate surface area is 72.9 Å². The van der Waals surface area contributed by atoms with Crippen molar-refractivity contribution >= 4 is 23.5 Å². The Balaban J connectivity index is 0.000000310. The number of aliphatic hydroxyl groups excluding tert-OH is 1. The van der Waals surface area contributed by atoms with Crippen molar-refractivity contribution < 1.29 is 24.3 Å². The lowest BCUT2D eigenvalue weighted by molar-refractivity contribution is -0.138. The van der Waals surface area contributed by atoms with Crippen molar-refractivity contribution in [1.29, 1.82) is 0 Å². The number of imide groups is 1. The topological polar surface area (TPSA) is 127 Å². The number of primary amides is 1. The highest BCUT2D eigenvalue weighted by Gasteiger charge is 2.38. The van der Waals surface area contributed by atoms with Gasteiger partial charge in [-0.2, -0.15) is 0 Å². The van der Waals surface area contributed by atoms with Crippen LogP contribution in [0.25, 0.3) is 0 Å².